The highest BCUT2D eigenvalue weighted by atomic mass is 79.9. The topological polar surface area (TPSA) is 66.5 Å². The van der Waals surface area contributed by atoms with Crippen LogP contribution in [0.15, 0.2) is 45.8 Å². The third-order valence-electron chi connectivity index (χ3n) is 3.32. The van der Waals surface area contributed by atoms with Gasteiger partial charge in [-0.15, -0.1) is 0 Å². The fraction of sp³-hybridized carbons (Fsp3) is 0.188. The number of amides is 1. The van der Waals surface area contributed by atoms with Crippen LogP contribution < -0.4 is 5.32 Å². The molecule has 0 aliphatic rings. The molecule has 0 aliphatic heterocycles. The highest BCUT2D eigenvalue weighted by Gasteiger charge is 2.22. The number of nitrogens with zero attached hydrogens (tertiary/aromatic N) is 1. The van der Waals surface area contributed by atoms with Crippen molar-refractivity contribution in [2.75, 3.05) is 19.4 Å². The van der Waals surface area contributed by atoms with Gasteiger partial charge in [0.2, 0.25) is 10.0 Å². The molecule has 1 amide bonds. The second-order valence-electron chi connectivity index (χ2n) is 5.37. The molecule has 0 heterocycles. The summed E-state index contributed by atoms with van der Waals surface area (Å²) in [5.74, 6) is -1.16. The molecule has 0 aliphatic carbocycles. The van der Waals surface area contributed by atoms with Gasteiger partial charge in [-0.1, -0.05) is 6.07 Å². The molecular formula is C16H16BrFN2O3S. The standard InChI is InChI=1S/C16H16BrFN2O3S/c1-10-4-7-13(18)14(8-10)19-16(21)11-5-6-12(17)15(9-11)24(22,23)20(2)3/h4-9H,1-3H3,(H,19,21). The van der Waals surface area contributed by atoms with E-state index in [0.29, 0.717) is 4.47 Å². The Kier molecular flexibility index (Phi) is 5.42. The zero-order valence-corrected chi connectivity index (χ0v) is 15.7. The van der Waals surface area contributed by atoms with Crippen molar-refractivity contribution >= 4 is 37.5 Å². The van der Waals surface area contributed by atoms with Crippen molar-refractivity contribution in [3.63, 3.8) is 0 Å². The molecule has 0 atom stereocenters. The van der Waals surface area contributed by atoms with E-state index in [9.17, 15) is 17.6 Å². The fourth-order valence-electron chi connectivity index (χ4n) is 1.97. The van der Waals surface area contributed by atoms with Gasteiger partial charge in [-0.2, -0.15) is 0 Å². The average molecular weight is 415 g/mol. The quantitative estimate of drug-likeness (QED) is 0.833. The number of benzene rings is 2. The van der Waals surface area contributed by atoms with Crippen LogP contribution in [0.25, 0.3) is 0 Å². The highest BCUT2D eigenvalue weighted by molar-refractivity contribution is 9.10. The maximum Gasteiger partial charge on any atom is 0.255 e. The van der Waals surface area contributed by atoms with Crippen LogP contribution in [0, 0.1) is 12.7 Å². The van der Waals surface area contributed by atoms with E-state index in [0.717, 1.165) is 9.87 Å². The van der Waals surface area contributed by atoms with Gasteiger partial charge in [0, 0.05) is 24.1 Å². The predicted molar refractivity (Wildman–Crippen MR) is 94.1 cm³/mol. The first-order valence-corrected chi connectivity index (χ1v) is 9.16. The monoisotopic (exact) mass is 414 g/mol. The molecule has 2 aromatic rings. The molecule has 128 valence electrons. The van der Waals surface area contributed by atoms with Crippen LogP contribution >= 0.6 is 15.9 Å². The third kappa shape index (κ3) is 3.82. The molecule has 0 fully saturated rings. The van der Waals surface area contributed by atoms with E-state index in [2.05, 4.69) is 21.2 Å². The maximum atomic E-state index is 13.8. The summed E-state index contributed by atoms with van der Waals surface area (Å²) in [6, 6.07) is 8.53. The summed E-state index contributed by atoms with van der Waals surface area (Å²) in [5.41, 5.74) is 0.942. The van der Waals surface area contributed by atoms with Crippen LogP contribution in [-0.4, -0.2) is 32.7 Å². The first-order valence-electron chi connectivity index (χ1n) is 6.92. The smallest absolute Gasteiger partial charge is 0.255 e. The zero-order valence-electron chi connectivity index (χ0n) is 13.3. The Morgan fingerprint density at radius 1 is 1.17 bits per heavy atom. The van der Waals surface area contributed by atoms with Gasteiger partial charge in [0.1, 0.15) is 5.82 Å². The van der Waals surface area contributed by atoms with Gasteiger partial charge in [0.25, 0.3) is 5.91 Å². The molecule has 24 heavy (non-hydrogen) atoms. The summed E-state index contributed by atoms with van der Waals surface area (Å²) in [7, 11) is -0.920. The lowest BCUT2D eigenvalue weighted by atomic mass is 10.2. The molecule has 0 spiro atoms. The molecule has 0 saturated carbocycles. The number of rotatable bonds is 4. The number of carbonyl (C=O) groups is 1. The molecule has 0 saturated heterocycles. The molecule has 2 rings (SSSR count). The van der Waals surface area contributed by atoms with Gasteiger partial charge in [-0.05, 0) is 58.7 Å². The van der Waals surface area contributed by atoms with Gasteiger partial charge < -0.3 is 5.32 Å². The van der Waals surface area contributed by atoms with E-state index >= 15 is 0 Å². The Morgan fingerprint density at radius 2 is 1.83 bits per heavy atom. The van der Waals surface area contributed by atoms with Crippen molar-refractivity contribution in [2.45, 2.75) is 11.8 Å². The lowest BCUT2D eigenvalue weighted by Crippen LogP contribution is -2.23. The van der Waals surface area contributed by atoms with Gasteiger partial charge in [-0.3, -0.25) is 4.79 Å². The molecule has 0 radical (unpaired) electrons. The summed E-state index contributed by atoms with van der Waals surface area (Å²) in [6.07, 6.45) is 0. The van der Waals surface area contributed by atoms with Crippen LogP contribution in [0.2, 0.25) is 0 Å². The maximum absolute atomic E-state index is 13.8. The van der Waals surface area contributed by atoms with Crippen LogP contribution in [0.3, 0.4) is 0 Å². The summed E-state index contributed by atoms with van der Waals surface area (Å²) >= 11 is 3.17. The van der Waals surface area contributed by atoms with E-state index in [4.69, 9.17) is 0 Å². The van der Waals surface area contributed by atoms with Gasteiger partial charge in [-0.25, -0.2) is 17.1 Å². The molecule has 8 heteroatoms. The Morgan fingerprint density at radius 3 is 2.46 bits per heavy atom. The second-order valence-corrected chi connectivity index (χ2v) is 8.34. The Balaban J connectivity index is 2.39. The lowest BCUT2D eigenvalue weighted by molar-refractivity contribution is 0.102. The lowest BCUT2D eigenvalue weighted by Gasteiger charge is -2.14. The third-order valence-corrected chi connectivity index (χ3v) is 6.13. The number of hydrogen-bond donors (Lipinski definition) is 1. The minimum absolute atomic E-state index is 0.0372. The van der Waals surface area contributed by atoms with Crippen LogP contribution in [0.4, 0.5) is 10.1 Å². The van der Waals surface area contributed by atoms with E-state index < -0.39 is 21.7 Å². The minimum atomic E-state index is -3.72. The summed E-state index contributed by atoms with van der Waals surface area (Å²) in [5, 5.41) is 2.46. The van der Waals surface area contributed by atoms with Crippen LogP contribution in [0.5, 0.6) is 0 Å². The summed E-state index contributed by atoms with van der Waals surface area (Å²) < 4.78 is 39.7. The predicted octanol–water partition coefficient (Wildman–Crippen LogP) is 3.40. The fourth-order valence-corrected chi connectivity index (χ4v) is 3.81. The number of sulfonamides is 1. The number of anilines is 1. The van der Waals surface area contributed by atoms with E-state index in [-0.39, 0.29) is 16.1 Å². The number of halogens is 2. The van der Waals surface area contributed by atoms with Crippen molar-refractivity contribution in [1.29, 1.82) is 0 Å². The Hall–Kier alpha value is -1.77. The molecule has 1 N–H and O–H groups in total. The van der Waals surface area contributed by atoms with E-state index in [1.54, 1.807) is 13.0 Å². The largest absolute Gasteiger partial charge is 0.319 e. The number of hydrogen-bond acceptors (Lipinski definition) is 3. The Labute approximate surface area is 148 Å². The van der Waals surface area contributed by atoms with Crippen molar-refractivity contribution < 1.29 is 17.6 Å². The number of nitrogens with one attached hydrogen (secondary N) is 1. The van der Waals surface area contributed by atoms with Crippen molar-refractivity contribution in [2.24, 2.45) is 0 Å². The number of carbonyl (C=O) groups excluding carboxylic acids is 1. The van der Waals surface area contributed by atoms with Gasteiger partial charge >= 0.3 is 0 Å². The number of aryl methyl sites for hydroxylation is 1. The Bertz CT molecular complexity index is 898. The van der Waals surface area contributed by atoms with Gasteiger partial charge in [0.05, 0.1) is 10.6 Å². The normalized spacial score (nSPS) is 11.6. The molecule has 0 bridgehead atoms. The van der Waals surface area contributed by atoms with E-state index in [1.165, 1.54) is 44.4 Å². The van der Waals surface area contributed by atoms with Crippen LogP contribution in [0.1, 0.15) is 15.9 Å². The average Bonchev–Trinajstić information content (AvgIpc) is 2.50. The SMILES string of the molecule is Cc1ccc(F)c(NC(=O)c2ccc(Br)c(S(=O)(=O)N(C)C)c2)c1. The van der Waals surface area contributed by atoms with E-state index in [1.807, 2.05) is 0 Å². The molecular weight excluding hydrogens is 399 g/mol. The van der Waals surface area contributed by atoms with Crippen molar-refractivity contribution in [1.82, 2.24) is 4.31 Å². The molecule has 0 aromatic heterocycles. The molecule has 2 aromatic carbocycles. The van der Waals surface area contributed by atoms with Crippen molar-refractivity contribution in [3.05, 3.63) is 57.8 Å². The van der Waals surface area contributed by atoms with Crippen molar-refractivity contribution in [3.8, 4) is 0 Å². The molecule has 5 nitrogen and oxygen atoms in total. The summed E-state index contributed by atoms with van der Waals surface area (Å²) in [4.78, 5) is 12.3. The highest BCUT2D eigenvalue weighted by Crippen LogP contribution is 2.26. The summed E-state index contributed by atoms with van der Waals surface area (Å²) in [6.45, 7) is 1.77. The van der Waals surface area contributed by atoms with Crippen LogP contribution in [-0.2, 0) is 10.0 Å². The first kappa shape index (κ1) is 18.6. The first-order chi connectivity index (χ1) is 11.1. The second kappa shape index (κ2) is 7.00. The van der Waals surface area contributed by atoms with Gasteiger partial charge in [0.15, 0.2) is 0 Å². The molecule has 0 unspecified atom stereocenters. The zero-order chi connectivity index (χ0) is 18.1. The minimum Gasteiger partial charge on any atom is -0.319 e.